The minimum absolute atomic E-state index is 0.0406. The molecule has 2 aromatic carbocycles. The number of hydrogen-bond acceptors (Lipinski definition) is 6. The first-order chi connectivity index (χ1) is 13.1. The van der Waals surface area contributed by atoms with E-state index in [0.29, 0.717) is 22.2 Å². The number of methoxy groups -OCH3 is 1. The second kappa shape index (κ2) is 8.50. The van der Waals surface area contributed by atoms with Crippen LogP contribution in [0.4, 0.5) is 10.1 Å². The number of carbonyl (C=O) groups is 2. The number of esters is 1. The van der Waals surface area contributed by atoms with Crippen molar-refractivity contribution >= 4 is 29.3 Å². The highest BCUT2D eigenvalue weighted by Crippen LogP contribution is 2.26. The van der Waals surface area contributed by atoms with Crippen molar-refractivity contribution in [2.24, 2.45) is 0 Å². The zero-order valence-corrected chi connectivity index (χ0v) is 15.1. The van der Waals surface area contributed by atoms with Crippen LogP contribution in [-0.4, -0.2) is 29.7 Å². The van der Waals surface area contributed by atoms with Gasteiger partial charge in [0.05, 0.1) is 30.3 Å². The fraction of sp³-hybridized carbons (Fsp3) is 0.105. The van der Waals surface area contributed by atoms with Gasteiger partial charge in [-0.2, -0.15) is 0 Å². The number of halogens is 1. The molecule has 0 saturated heterocycles. The summed E-state index contributed by atoms with van der Waals surface area (Å²) in [4.78, 5) is 28.0. The largest absolute Gasteiger partial charge is 0.465 e. The summed E-state index contributed by atoms with van der Waals surface area (Å²) >= 11 is 1.11. The summed E-state index contributed by atoms with van der Waals surface area (Å²) in [7, 11) is 1.28. The van der Waals surface area contributed by atoms with Gasteiger partial charge in [0.1, 0.15) is 5.82 Å². The molecule has 0 fully saturated rings. The van der Waals surface area contributed by atoms with Crippen LogP contribution in [0, 0.1) is 5.82 Å². The summed E-state index contributed by atoms with van der Waals surface area (Å²) in [5.74, 6) is -0.669. The Hall–Kier alpha value is -3.13. The Kier molecular flexibility index (Phi) is 5.87. The highest BCUT2D eigenvalue weighted by molar-refractivity contribution is 7.99. The molecule has 138 valence electrons. The maximum absolute atomic E-state index is 13.0. The molecular formula is C19H15FN2O4S. The summed E-state index contributed by atoms with van der Waals surface area (Å²) in [6.45, 7) is 0. The minimum Gasteiger partial charge on any atom is -0.465 e. The molecule has 3 rings (SSSR count). The smallest absolute Gasteiger partial charge is 0.339 e. The van der Waals surface area contributed by atoms with Crippen LogP contribution in [0.2, 0.25) is 0 Å². The third kappa shape index (κ3) is 4.73. The summed E-state index contributed by atoms with van der Waals surface area (Å²) in [6, 6.07) is 12.4. The minimum atomic E-state index is -0.532. The first kappa shape index (κ1) is 18.7. The molecule has 6 nitrogen and oxygen atoms in total. The van der Waals surface area contributed by atoms with Crippen molar-refractivity contribution < 1.29 is 23.1 Å². The Morgan fingerprint density at radius 2 is 1.93 bits per heavy atom. The third-order valence-electron chi connectivity index (χ3n) is 3.55. The molecule has 1 amide bonds. The van der Waals surface area contributed by atoms with E-state index in [9.17, 15) is 14.0 Å². The van der Waals surface area contributed by atoms with E-state index >= 15 is 0 Å². The number of aromatic nitrogens is 1. The number of nitrogens with zero attached hydrogens (tertiary/aromatic N) is 1. The summed E-state index contributed by atoms with van der Waals surface area (Å²) in [6.07, 6.45) is 1.51. The Balaban J connectivity index is 1.60. The van der Waals surface area contributed by atoms with Crippen molar-refractivity contribution in [2.75, 3.05) is 18.2 Å². The molecule has 0 radical (unpaired) electrons. The molecule has 3 aromatic rings. The molecule has 1 heterocycles. The van der Waals surface area contributed by atoms with E-state index in [0.717, 1.165) is 11.8 Å². The quantitative estimate of drug-likeness (QED) is 0.509. The number of para-hydroxylation sites is 1. The van der Waals surface area contributed by atoms with Crippen LogP contribution in [0.5, 0.6) is 0 Å². The number of thioether (sulfide) groups is 1. The molecule has 0 atom stereocenters. The highest BCUT2D eigenvalue weighted by Gasteiger charge is 2.14. The lowest BCUT2D eigenvalue weighted by Gasteiger charge is -2.08. The standard InChI is InChI=1S/C19H15FN2O4S/c1-25-18(24)14-4-2-3-5-15(14)22-17(23)11-27-19-21-10-16(26-19)12-6-8-13(20)9-7-12/h2-10H,11H2,1H3,(H,22,23). The number of oxazole rings is 1. The van der Waals surface area contributed by atoms with Crippen LogP contribution in [0.1, 0.15) is 10.4 Å². The van der Waals surface area contributed by atoms with E-state index in [1.807, 2.05) is 0 Å². The number of amides is 1. The lowest BCUT2D eigenvalue weighted by atomic mass is 10.2. The van der Waals surface area contributed by atoms with Gasteiger partial charge < -0.3 is 14.5 Å². The number of rotatable bonds is 6. The molecule has 0 unspecified atom stereocenters. The van der Waals surface area contributed by atoms with Gasteiger partial charge in [0, 0.05) is 5.56 Å². The topological polar surface area (TPSA) is 81.4 Å². The molecule has 0 aliphatic heterocycles. The van der Waals surface area contributed by atoms with Crippen molar-refractivity contribution in [1.29, 1.82) is 0 Å². The Bertz CT molecular complexity index is 956. The zero-order chi connectivity index (χ0) is 19.2. The average molecular weight is 386 g/mol. The predicted molar refractivity (Wildman–Crippen MR) is 99.0 cm³/mol. The van der Waals surface area contributed by atoms with E-state index in [4.69, 9.17) is 9.15 Å². The average Bonchev–Trinajstić information content (AvgIpc) is 3.16. The van der Waals surface area contributed by atoms with Gasteiger partial charge in [-0.1, -0.05) is 23.9 Å². The monoisotopic (exact) mass is 386 g/mol. The second-order valence-electron chi connectivity index (χ2n) is 5.37. The molecule has 0 aliphatic carbocycles. The van der Waals surface area contributed by atoms with Crippen LogP contribution in [0.3, 0.4) is 0 Å². The Labute approximate surface area is 158 Å². The predicted octanol–water partition coefficient (Wildman–Crippen LogP) is 4.00. The van der Waals surface area contributed by atoms with Crippen molar-refractivity contribution in [3.05, 3.63) is 66.1 Å². The Morgan fingerprint density at radius 1 is 1.19 bits per heavy atom. The highest BCUT2D eigenvalue weighted by atomic mass is 32.2. The lowest BCUT2D eigenvalue weighted by molar-refractivity contribution is -0.113. The van der Waals surface area contributed by atoms with Crippen molar-refractivity contribution in [3.8, 4) is 11.3 Å². The van der Waals surface area contributed by atoms with E-state index < -0.39 is 5.97 Å². The van der Waals surface area contributed by atoms with Crippen molar-refractivity contribution in [2.45, 2.75) is 5.22 Å². The van der Waals surface area contributed by atoms with Gasteiger partial charge in [-0.3, -0.25) is 4.79 Å². The first-order valence-corrected chi connectivity index (χ1v) is 8.87. The fourth-order valence-corrected chi connectivity index (χ4v) is 2.87. The number of benzene rings is 2. The van der Waals surface area contributed by atoms with Gasteiger partial charge in [-0.05, 0) is 36.4 Å². The van der Waals surface area contributed by atoms with E-state index in [1.54, 1.807) is 36.4 Å². The third-order valence-corrected chi connectivity index (χ3v) is 4.39. The molecule has 0 aliphatic rings. The van der Waals surface area contributed by atoms with Crippen LogP contribution in [0.25, 0.3) is 11.3 Å². The number of carbonyl (C=O) groups excluding carboxylic acids is 2. The van der Waals surface area contributed by atoms with Crippen LogP contribution in [-0.2, 0) is 9.53 Å². The van der Waals surface area contributed by atoms with Gasteiger partial charge >= 0.3 is 5.97 Å². The zero-order valence-electron chi connectivity index (χ0n) is 14.3. The SMILES string of the molecule is COC(=O)c1ccccc1NC(=O)CSc1ncc(-c2ccc(F)cc2)o1. The van der Waals surface area contributed by atoms with Gasteiger partial charge in [-0.15, -0.1) is 0 Å². The van der Waals surface area contributed by atoms with E-state index in [2.05, 4.69) is 10.3 Å². The normalized spacial score (nSPS) is 10.4. The lowest BCUT2D eigenvalue weighted by Crippen LogP contribution is -2.17. The summed E-state index contributed by atoms with van der Waals surface area (Å²) in [5.41, 5.74) is 1.33. The maximum Gasteiger partial charge on any atom is 0.339 e. The second-order valence-corrected chi connectivity index (χ2v) is 6.30. The van der Waals surface area contributed by atoms with Gasteiger partial charge in [0.25, 0.3) is 5.22 Å². The summed E-state index contributed by atoms with van der Waals surface area (Å²) in [5, 5.41) is 2.98. The molecule has 0 bridgehead atoms. The molecule has 0 spiro atoms. The molecule has 0 saturated carbocycles. The molecule has 27 heavy (non-hydrogen) atoms. The van der Waals surface area contributed by atoms with Crippen molar-refractivity contribution in [3.63, 3.8) is 0 Å². The van der Waals surface area contributed by atoms with E-state index in [1.165, 1.54) is 25.4 Å². The maximum atomic E-state index is 13.0. The molecule has 1 aromatic heterocycles. The van der Waals surface area contributed by atoms with Gasteiger partial charge in [-0.25, -0.2) is 14.2 Å². The first-order valence-electron chi connectivity index (χ1n) is 7.88. The van der Waals surface area contributed by atoms with Crippen LogP contribution in [0.15, 0.2) is 64.4 Å². The molecule has 8 heteroatoms. The number of nitrogens with one attached hydrogen (secondary N) is 1. The summed E-state index contributed by atoms with van der Waals surface area (Å²) < 4.78 is 23.2. The fourth-order valence-electron chi connectivity index (χ4n) is 2.27. The Morgan fingerprint density at radius 3 is 2.67 bits per heavy atom. The molecule has 1 N–H and O–H groups in total. The van der Waals surface area contributed by atoms with Crippen molar-refractivity contribution in [1.82, 2.24) is 4.98 Å². The van der Waals surface area contributed by atoms with Crippen LogP contribution < -0.4 is 5.32 Å². The van der Waals surface area contributed by atoms with Gasteiger partial charge in [0.2, 0.25) is 5.91 Å². The number of anilines is 1. The number of hydrogen-bond donors (Lipinski definition) is 1. The number of ether oxygens (including phenoxy) is 1. The van der Waals surface area contributed by atoms with Gasteiger partial charge in [0.15, 0.2) is 5.76 Å². The molecular weight excluding hydrogens is 371 g/mol. The van der Waals surface area contributed by atoms with E-state index in [-0.39, 0.29) is 23.0 Å². The van der Waals surface area contributed by atoms with Crippen LogP contribution >= 0.6 is 11.8 Å².